The molecule has 114 valence electrons. The fourth-order valence-electron chi connectivity index (χ4n) is 3.71. The Kier molecular flexibility index (Phi) is 3.72. The van der Waals surface area contributed by atoms with Crippen molar-refractivity contribution in [3.05, 3.63) is 12.2 Å². The highest BCUT2D eigenvalue weighted by Gasteiger charge is 2.49. The molecule has 2 aliphatic heterocycles. The molecule has 0 spiro atoms. The zero-order chi connectivity index (χ0) is 14.4. The maximum Gasteiger partial charge on any atom is 0.269 e. The highest BCUT2D eigenvalue weighted by atomic mass is 32.2. The van der Waals surface area contributed by atoms with Gasteiger partial charge in [0.2, 0.25) is 0 Å². The van der Waals surface area contributed by atoms with E-state index in [9.17, 15) is 8.42 Å². The van der Waals surface area contributed by atoms with Crippen LogP contribution in [-0.2, 0) is 19.0 Å². The van der Waals surface area contributed by atoms with Crippen LogP contribution in [0.2, 0.25) is 0 Å². The Hall–Kier alpha value is -0.390. The van der Waals surface area contributed by atoms with Crippen molar-refractivity contribution in [1.82, 2.24) is 0 Å². The van der Waals surface area contributed by atoms with Gasteiger partial charge in [-0.15, -0.1) is 0 Å². The average Bonchev–Trinajstić information content (AvgIpc) is 3.00. The molecule has 1 saturated heterocycles. The standard InChI is InChI=1S/C15H24O4S/c1-11(2)20(16,17)19-14-5-3-4-12(10-14)15-8-6-13(18-15)7-9-15/h6,8,11-14H,3-5,7,9-10H2,1-2H3. The average molecular weight is 300 g/mol. The van der Waals surface area contributed by atoms with Crippen LogP contribution >= 0.6 is 0 Å². The molecular formula is C15H24O4S. The summed E-state index contributed by atoms with van der Waals surface area (Å²) in [4.78, 5) is 0. The lowest BCUT2D eigenvalue weighted by Gasteiger charge is -2.38. The van der Waals surface area contributed by atoms with Crippen LogP contribution < -0.4 is 0 Å². The van der Waals surface area contributed by atoms with E-state index in [1.165, 1.54) is 0 Å². The van der Waals surface area contributed by atoms with Gasteiger partial charge in [-0.3, -0.25) is 4.18 Å². The minimum atomic E-state index is -3.42. The van der Waals surface area contributed by atoms with Crippen molar-refractivity contribution < 1.29 is 17.3 Å². The van der Waals surface area contributed by atoms with Gasteiger partial charge in [-0.1, -0.05) is 18.6 Å². The summed E-state index contributed by atoms with van der Waals surface area (Å²) in [6.07, 6.45) is 10.4. The number of hydrogen-bond acceptors (Lipinski definition) is 4. The summed E-state index contributed by atoms with van der Waals surface area (Å²) in [6.45, 7) is 3.33. The van der Waals surface area contributed by atoms with Gasteiger partial charge in [0.05, 0.1) is 23.1 Å². The number of fused-ring (bicyclic) bond motifs is 2. The van der Waals surface area contributed by atoms with Gasteiger partial charge in [-0.2, -0.15) is 8.42 Å². The second kappa shape index (κ2) is 5.11. The van der Waals surface area contributed by atoms with Crippen LogP contribution in [0.15, 0.2) is 12.2 Å². The lowest BCUT2D eigenvalue weighted by Crippen LogP contribution is -2.40. The van der Waals surface area contributed by atoms with E-state index in [0.717, 1.165) is 38.5 Å². The Balaban J connectivity index is 1.67. The smallest absolute Gasteiger partial charge is 0.269 e. The topological polar surface area (TPSA) is 52.6 Å². The maximum absolute atomic E-state index is 11.9. The Morgan fingerprint density at radius 3 is 2.65 bits per heavy atom. The molecule has 0 amide bonds. The summed E-state index contributed by atoms with van der Waals surface area (Å²) in [5.41, 5.74) is -0.131. The summed E-state index contributed by atoms with van der Waals surface area (Å²) < 4.78 is 35.4. The van der Waals surface area contributed by atoms with Gasteiger partial charge in [0.25, 0.3) is 10.1 Å². The lowest BCUT2D eigenvalue weighted by molar-refractivity contribution is -0.0399. The first-order chi connectivity index (χ1) is 9.41. The molecule has 2 bridgehead atoms. The molecule has 3 rings (SSSR count). The van der Waals surface area contributed by atoms with Crippen molar-refractivity contribution in [2.24, 2.45) is 5.92 Å². The van der Waals surface area contributed by atoms with Crippen molar-refractivity contribution in [1.29, 1.82) is 0 Å². The number of hydrogen-bond donors (Lipinski definition) is 0. The highest BCUT2D eigenvalue weighted by molar-refractivity contribution is 7.87. The van der Waals surface area contributed by atoms with E-state index < -0.39 is 15.4 Å². The van der Waals surface area contributed by atoms with Gasteiger partial charge in [0, 0.05) is 0 Å². The van der Waals surface area contributed by atoms with Crippen molar-refractivity contribution in [2.75, 3.05) is 0 Å². The van der Waals surface area contributed by atoms with E-state index in [-0.39, 0.29) is 17.8 Å². The van der Waals surface area contributed by atoms with E-state index in [1.807, 2.05) is 0 Å². The fraction of sp³-hybridized carbons (Fsp3) is 0.867. The molecule has 2 heterocycles. The van der Waals surface area contributed by atoms with Crippen LogP contribution in [0.25, 0.3) is 0 Å². The summed E-state index contributed by atoms with van der Waals surface area (Å²) in [5.74, 6) is 0.396. The van der Waals surface area contributed by atoms with Crippen LogP contribution in [0, 0.1) is 5.92 Å². The number of rotatable bonds is 4. The van der Waals surface area contributed by atoms with Crippen molar-refractivity contribution in [3.63, 3.8) is 0 Å². The van der Waals surface area contributed by atoms with Gasteiger partial charge in [0.1, 0.15) is 0 Å². The molecule has 4 nitrogen and oxygen atoms in total. The van der Waals surface area contributed by atoms with Gasteiger partial charge < -0.3 is 4.74 Å². The first-order valence-corrected chi connectivity index (χ1v) is 9.18. The Labute approximate surface area is 121 Å². The molecule has 0 aromatic heterocycles. The van der Waals surface area contributed by atoms with Crippen molar-refractivity contribution >= 4 is 10.1 Å². The minimum Gasteiger partial charge on any atom is -0.363 e. The summed E-state index contributed by atoms with van der Waals surface area (Å²) in [5, 5.41) is -0.473. The molecule has 0 aromatic rings. The molecule has 2 fully saturated rings. The molecular weight excluding hydrogens is 276 g/mol. The monoisotopic (exact) mass is 300 g/mol. The van der Waals surface area contributed by atoms with Crippen LogP contribution in [0.3, 0.4) is 0 Å². The molecule has 5 heteroatoms. The second-order valence-corrected chi connectivity index (χ2v) is 8.75. The highest BCUT2D eigenvalue weighted by Crippen LogP contribution is 2.48. The van der Waals surface area contributed by atoms with Crippen molar-refractivity contribution in [2.45, 2.75) is 75.4 Å². The first kappa shape index (κ1) is 14.5. The van der Waals surface area contributed by atoms with Gasteiger partial charge in [0.15, 0.2) is 0 Å². The number of ether oxygens (including phenoxy) is 1. The van der Waals surface area contributed by atoms with Crippen LogP contribution in [-0.4, -0.2) is 31.5 Å². The molecule has 4 atom stereocenters. The zero-order valence-corrected chi connectivity index (χ0v) is 13.1. The minimum absolute atomic E-state index is 0.131. The Bertz CT molecular complexity index is 496. The van der Waals surface area contributed by atoms with Crippen molar-refractivity contribution in [3.8, 4) is 0 Å². The summed E-state index contributed by atoms with van der Waals surface area (Å²) >= 11 is 0. The third kappa shape index (κ3) is 2.55. The van der Waals surface area contributed by atoms with Gasteiger partial charge >= 0.3 is 0 Å². The summed E-state index contributed by atoms with van der Waals surface area (Å²) in [7, 11) is -3.42. The predicted molar refractivity (Wildman–Crippen MR) is 76.9 cm³/mol. The quantitative estimate of drug-likeness (QED) is 0.592. The van der Waals surface area contributed by atoms with Gasteiger partial charge in [-0.25, -0.2) is 0 Å². The summed E-state index contributed by atoms with van der Waals surface area (Å²) in [6, 6.07) is 0. The fourth-order valence-corrected chi connectivity index (χ4v) is 4.49. The second-order valence-electron chi connectivity index (χ2n) is 6.63. The van der Waals surface area contributed by atoms with E-state index in [4.69, 9.17) is 8.92 Å². The van der Waals surface area contributed by atoms with Crippen LogP contribution in [0.1, 0.15) is 52.4 Å². The SMILES string of the molecule is CC(C)S(=O)(=O)OC1CCCC(C23C=CC(CC2)O3)C1. The lowest BCUT2D eigenvalue weighted by atomic mass is 9.73. The third-order valence-electron chi connectivity index (χ3n) is 4.95. The van der Waals surface area contributed by atoms with Crippen LogP contribution in [0.4, 0.5) is 0 Å². The van der Waals surface area contributed by atoms with E-state index in [1.54, 1.807) is 13.8 Å². The Morgan fingerprint density at radius 2 is 2.10 bits per heavy atom. The third-order valence-corrected chi connectivity index (χ3v) is 6.64. The largest absolute Gasteiger partial charge is 0.363 e. The molecule has 1 saturated carbocycles. The molecule has 3 aliphatic rings. The van der Waals surface area contributed by atoms with E-state index in [2.05, 4.69) is 12.2 Å². The molecule has 20 heavy (non-hydrogen) atoms. The van der Waals surface area contributed by atoms with E-state index >= 15 is 0 Å². The maximum atomic E-state index is 11.9. The normalized spacial score (nSPS) is 40.6. The molecule has 0 N–H and O–H groups in total. The zero-order valence-electron chi connectivity index (χ0n) is 12.2. The molecule has 4 unspecified atom stereocenters. The molecule has 0 aromatic carbocycles. The van der Waals surface area contributed by atoms with E-state index in [0.29, 0.717) is 5.92 Å². The van der Waals surface area contributed by atoms with Crippen LogP contribution in [0.5, 0.6) is 0 Å². The first-order valence-electron chi connectivity index (χ1n) is 7.70. The predicted octanol–water partition coefficient (Wildman–Crippen LogP) is 2.79. The molecule has 0 radical (unpaired) electrons. The Morgan fingerprint density at radius 1 is 1.30 bits per heavy atom. The molecule has 1 aliphatic carbocycles. The van der Waals surface area contributed by atoms with Gasteiger partial charge in [-0.05, 0) is 51.9 Å².